The Morgan fingerprint density at radius 3 is 2.38 bits per heavy atom. The van der Waals surface area contributed by atoms with E-state index in [2.05, 4.69) is 25.0 Å². The number of sulfonamides is 1. The molecule has 10 heteroatoms. The maximum absolute atomic E-state index is 12.1. The van der Waals surface area contributed by atoms with Gasteiger partial charge in [0.1, 0.15) is 5.82 Å². The van der Waals surface area contributed by atoms with Crippen molar-refractivity contribution in [3.05, 3.63) is 47.7 Å². The molecule has 0 amide bonds. The maximum Gasteiger partial charge on any atom is 0.358 e. The normalized spacial score (nSPS) is 11.2. The number of esters is 1. The maximum atomic E-state index is 12.1. The second-order valence-corrected chi connectivity index (χ2v) is 6.95. The molecule has 2 rings (SSSR count). The monoisotopic (exact) mass is 380 g/mol. The van der Waals surface area contributed by atoms with E-state index in [-0.39, 0.29) is 17.1 Å². The SMILES string of the molecule is COCCNS(=O)(=O)c1ccc(CNc2ccc(C(=O)OC)nn2)cc1. The number of nitrogens with one attached hydrogen (secondary N) is 2. The van der Waals surface area contributed by atoms with Crippen LogP contribution < -0.4 is 10.0 Å². The largest absolute Gasteiger partial charge is 0.464 e. The van der Waals surface area contributed by atoms with E-state index < -0.39 is 16.0 Å². The minimum absolute atomic E-state index is 0.119. The van der Waals surface area contributed by atoms with Gasteiger partial charge in [0.15, 0.2) is 5.69 Å². The molecule has 1 heterocycles. The molecule has 1 aromatic heterocycles. The van der Waals surface area contributed by atoms with Gasteiger partial charge in [-0.25, -0.2) is 17.9 Å². The highest BCUT2D eigenvalue weighted by atomic mass is 32.2. The predicted octanol–water partition coefficient (Wildman–Crippen LogP) is 0.800. The van der Waals surface area contributed by atoms with E-state index in [0.717, 1.165) is 5.56 Å². The average Bonchev–Trinajstić information content (AvgIpc) is 2.66. The Hall–Kier alpha value is -2.56. The molecule has 0 unspecified atom stereocenters. The van der Waals surface area contributed by atoms with Gasteiger partial charge in [0, 0.05) is 20.2 Å². The van der Waals surface area contributed by atoms with E-state index in [1.807, 2.05) is 0 Å². The first-order valence-electron chi connectivity index (χ1n) is 7.69. The molecule has 2 N–H and O–H groups in total. The van der Waals surface area contributed by atoms with Crippen molar-refractivity contribution in [1.82, 2.24) is 14.9 Å². The highest BCUT2D eigenvalue weighted by molar-refractivity contribution is 7.89. The summed E-state index contributed by atoms with van der Waals surface area (Å²) in [4.78, 5) is 11.5. The number of benzene rings is 1. The van der Waals surface area contributed by atoms with Gasteiger partial charge in [0.25, 0.3) is 0 Å². The second kappa shape index (κ2) is 9.22. The van der Waals surface area contributed by atoms with Crippen LogP contribution in [0.4, 0.5) is 5.82 Å². The highest BCUT2D eigenvalue weighted by Crippen LogP contribution is 2.12. The molecule has 26 heavy (non-hydrogen) atoms. The molecule has 0 aliphatic carbocycles. The topological polar surface area (TPSA) is 120 Å². The minimum Gasteiger partial charge on any atom is -0.464 e. The van der Waals surface area contributed by atoms with Crippen LogP contribution in [0.5, 0.6) is 0 Å². The number of nitrogens with zero attached hydrogens (tertiary/aromatic N) is 2. The molecule has 0 aliphatic rings. The lowest BCUT2D eigenvalue weighted by Gasteiger charge is -2.08. The Morgan fingerprint density at radius 2 is 1.81 bits per heavy atom. The summed E-state index contributed by atoms with van der Waals surface area (Å²) in [6, 6.07) is 9.57. The third-order valence-corrected chi connectivity index (χ3v) is 4.84. The summed E-state index contributed by atoms with van der Waals surface area (Å²) < 4.78 is 36.0. The molecule has 0 fully saturated rings. The van der Waals surface area contributed by atoms with E-state index in [1.54, 1.807) is 18.2 Å². The van der Waals surface area contributed by atoms with Crippen LogP contribution in [0, 0.1) is 0 Å². The summed E-state index contributed by atoms with van der Waals surface area (Å²) in [5.74, 6) is -0.0736. The van der Waals surface area contributed by atoms with Crippen LogP contribution >= 0.6 is 0 Å². The number of ether oxygens (including phenoxy) is 2. The van der Waals surface area contributed by atoms with Crippen LogP contribution in [0.3, 0.4) is 0 Å². The van der Waals surface area contributed by atoms with Crippen LogP contribution in [0.25, 0.3) is 0 Å². The zero-order valence-corrected chi connectivity index (χ0v) is 15.2. The molecule has 2 aromatic rings. The second-order valence-electron chi connectivity index (χ2n) is 5.18. The number of hydrogen-bond acceptors (Lipinski definition) is 8. The molecule has 1 aromatic carbocycles. The standard InChI is InChI=1S/C16H20N4O5S/c1-24-10-9-18-26(22,23)13-5-3-12(4-6-13)11-17-15-8-7-14(19-20-15)16(21)25-2/h3-8,18H,9-11H2,1-2H3,(H,17,20). The van der Waals surface area contributed by atoms with Crippen molar-refractivity contribution in [2.24, 2.45) is 0 Å². The average molecular weight is 380 g/mol. The fourth-order valence-electron chi connectivity index (χ4n) is 1.98. The fraction of sp³-hybridized carbons (Fsp3) is 0.312. The Kier molecular flexibility index (Phi) is 7.01. The number of methoxy groups -OCH3 is 2. The molecule has 0 atom stereocenters. The molecule has 0 saturated heterocycles. The van der Waals surface area contributed by atoms with Crippen molar-refractivity contribution in [2.45, 2.75) is 11.4 Å². The number of aromatic nitrogens is 2. The molecule has 140 valence electrons. The summed E-state index contributed by atoms with van der Waals surface area (Å²) >= 11 is 0. The highest BCUT2D eigenvalue weighted by Gasteiger charge is 2.13. The summed E-state index contributed by atoms with van der Waals surface area (Å²) in [7, 11) is -0.774. The summed E-state index contributed by atoms with van der Waals surface area (Å²) in [5, 5.41) is 10.7. The van der Waals surface area contributed by atoms with Crippen molar-refractivity contribution in [1.29, 1.82) is 0 Å². The van der Waals surface area contributed by atoms with Gasteiger partial charge in [0.2, 0.25) is 10.0 Å². The van der Waals surface area contributed by atoms with E-state index >= 15 is 0 Å². The van der Waals surface area contributed by atoms with Gasteiger partial charge >= 0.3 is 5.97 Å². The van der Waals surface area contributed by atoms with E-state index in [1.165, 1.54) is 32.4 Å². The first-order valence-corrected chi connectivity index (χ1v) is 9.18. The fourth-order valence-corrected chi connectivity index (χ4v) is 2.99. The van der Waals surface area contributed by atoms with Crippen LogP contribution in [-0.4, -0.2) is 52.0 Å². The molecule has 0 radical (unpaired) electrons. The number of rotatable bonds is 9. The third kappa shape index (κ3) is 5.48. The first-order chi connectivity index (χ1) is 12.5. The summed E-state index contributed by atoms with van der Waals surface area (Å²) in [6.07, 6.45) is 0. The van der Waals surface area contributed by atoms with Gasteiger partial charge in [-0.1, -0.05) is 12.1 Å². The molecular formula is C16H20N4O5S. The van der Waals surface area contributed by atoms with Gasteiger partial charge < -0.3 is 14.8 Å². The Morgan fingerprint density at radius 1 is 1.08 bits per heavy atom. The zero-order valence-electron chi connectivity index (χ0n) is 14.4. The smallest absolute Gasteiger partial charge is 0.358 e. The molecule has 0 spiro atoms. The molecule has 0 bridgehead atoms. The summed E-state index contributed by atoms with van der Waals surface area (Å²) in [5.41, 5.74) is 0.980. The molecule has 9 nitrogen and oxygen atoms in total. The van der Waals surface area contributed by atoms with Crippen LogP contribution in [0.2, 0.25) is 0 Å². The van der Waals surface area contributed by atoms with Crippen LogP contribution in [0.15, 0.2) is 41.3 Å². The first kappa shape index (κ1) is 19.8. The van der Waals surface area contributed by atoms with Crippen LogP contribution in [-0.2, 0) is 26.0 Å². The summed E-state index contributed by atoms with van der Waals surface area (Å²) in [6.45, 7) is 0.934. The van der Waals surface area contributed by atoms with Crippen molar-refractivity contribution in [3.8, 4) is 0 Å². The number of carbonyl (C=O) groups excluding carboxylic acids is 1. The van der Waals surface area contributed by atoms with Crippen LogP contribution in [0.1, 0.15) is 16.1 Å². The van der Waals surface area contributed by atoms with Crippen molar-refractivity contribution in [2.75, 3.05) is 32.7 Å². The van der Waals surface area contributed by atoms with Gasteiger partial charge in [-0.05, 0) is 29.8 Å². The third-order valence-electron chi connectivity index (χ3n) is 3.36. The lowest BCUT2D eigenvalue weighted by atomic mass is 10.2. The zero-order chi connectivity index (χ0) is 19.0. The number of anilines is 1. The Labute approximate surface area is 151 Å². The van der Waals surface area contributed by atoms with Gasteiger partial charge in [-0.3, -0.25) is 0 Å². The Balaban J connectivity index is 1.94. The van der Waals surface area contributed by atoms with Gasteiger partial charge in [0.05, 0.1) is 18.6 Å². The number of hydrogen-bond donors (Lipinski definition) is 2. The number of carbonyl (C=O) groups is 1. The van der Waals surface area contributed by atoms with Gasteiger partial charge in [-0.2, -0.15) is 0 Å². The predicted molar refractivity (Wildman–Crippen MR) is 94.2 cm³/mol. The lowest BCUT2D eigenvalue weighted by Crippen LogP contribution is -2.27. The Bertz CT molecular complexity index is 823. The van der Waals surface area contributed by atoms with E-state index in [0.29, 0.717) is 19.0 Å². The van der Waals surface area contributed by atoms with Gasteiger partial charge in [-0.15, -0.1) is 10.2 Å². The van der Waals surface area contributed by atoms with E-state index in [4.69, 9.17) is 4.74 Å². The van der Waals surface area contributed by atoms with Crippen molar-refractivity contribution in [3.63, 3.8) is 0 Å². The molecular weight excluding hydrogens is 360 g/mol. The van der Waals surface area contributed by atoms with E-state index in [9.17, 15) is 13.2 Å². The lowest BCUT2D eigenvalue weighted by molar-refractivity contribution is 0.0592. The molecule has 0 aliphatic heterocycles. The quantitative estimate of drug-likeness (QED) is 0.484. The van der Waals surface area contributed by atoms with Crippen molar-refractivity contribution < 1.29 is 22.7 Å². The molecule has 0 saturated carbocycles. The minimum atomic E-state index is -3.55. The van der Waals surface area contributed by atoms with Crippen molar-refractivity contribution >= 4 is 21.8 Å².